The molecular formula is C24H32N3O9P. The van der Waals surface area contributed by atoms with Crippen molar-refractivity contribution < 1.29 is 32.6 Å². The summed E-state index contributed by atoms with van der Waals surface area (Å²) in [6.07, 6.45) is 3.90. The van der Waals surface area contributed by atoms with E-state index in [1.54, 1.807) is 37.3 Å². The molecule has 0 spiro atoms. The normalized spacial score (nSPS) is 22.4. The molecule has 2 unspecified atom stereocenters. The third-order valence-electron chi connectivity index (χ3n) is 6.18. The lowest BCUT2D eigenvalue weighted by molar-refractivity contribution is -0.146. The molecule has 1 aromatic heterocycles. The summed E-state index contributed by atoms with van der Waals surface area (Å²) in [5, 5.41) is 2.64. The van der Waals surface area contributed by atoms with Gasteiger partial charge in [-0.15, -0.1) is 0 Å². The fourth-order valence-electron chi connectivity index (χ4n) is 4.14. The molecule has 4 rings (SSSR count). The zero-order valence-electron chi connectivity index (χ0n) is 20.8. The van der Waals surface area contributed by atoms with Crippen molar-refractivity contribution in [3.63, 3.8) is 0 Å². The number of rotatable bonds is 11. The predicted molar refractivity (Wildman–Crippen MR) is 132 cm³/mol. The van der Waals surface area contributed by atoms with Crippen LogP contribution in [0.25, 0.3) is 0 Å². The SMILES string of the molecule is Cc1cn([C@H]2CO[C@@H](COP(=O)(NC(C)C(=O)OCC3CCCC3)Oc3ccccc3)O2)c(=O)[nH]c1=O. The Morgan fingerprint density at radius 2 is 1.95 bits per heavy atom. The monoisotopic (exact) mass is 537 g/mol. The van der Waals surface area contributed by atoms with Gasteiger partial charge in [0.2, 0.25) is 0 Å². The second-order valence-corrected chi connectivity index (χ2v) is 10.9. The molecule has 1 saturated heterocycles. The van der Waals surface area contributed by atoms with Crippen LogP contribution in [0.5, 0.6) is 5.75 Å². The van der Waals surface area contributed by atoms with Crippen molar-refractivity contribution in [2.45, 2.75) is 58.1 Å². The minimum atomic E-state index is -4.10. The van der Waals surface area contributed by atoms with E-state index in [0.717, 1.165) is 25.7 Å². The van der Waals surface area contributed by atoms with Gasteiger partial charge in [-0.3, -0.25) is 23.7 Å². The molecule has 2 heterocycles. The van der Waals surface area contributed by atoms with Crippen molar-refractivity contribution in [2.75, 3.05) is 19.8 Å². The number of aromatic amines is 1. The van der Waals surface area contributed by atoms with E-state index in [9.17, 15) is 18.9 Å². The van der Waals surface area contributed by atoms with Gasteiger partial charge >= 0.3 is 19.4 Å². The Morgan fingerprint density at radius 3 is 2.68 bits per heavy atom. The van der Waals surface area contributed by atoms with Crippen LogP contribution in [0.2, 0.25) is 0 Å². The highest BCUT2D eigenvalue weighted by molar-refractivity contribution is 7.52. The van der Waals surface area contributed by atoms with Crippen LogP contribution in [0.15, 0.2) is 46.1 Å². The number of nitrogens with one attached hydrogen (secondary N) is 2. The van der Waals surface area contributed by atoms with E-state index in [-0.39, 0.29) is 19.0 Å². The van der Waals surface area contributed by atoms with Crippen LogP contribution in [-0.4, -0.2) is 47.7 Å². The maximum absolute atomic E-state index is 13.6. The topological polar surface area (TPSA) is 147 Å². The smallest absolute Gasteiger partial charge is 0.459 e. The van der Waals surface area contributed by atoms with Gasteiger partial charge in [0.15, 0.2) is 12.5 Å². The number of aromatic nitrogens is 2. The molecular weight excluding hydrogens is 505 g/mol. The summed E-state index contributed by atoms with van der Waals surface area (Å²) >= 11 is 0. The number of hydrogen-bond acceptors (Lipinski definition) is 9. The van der Waals surface area contributed by atoms with Crippen LogP contribution in [0.1, 0.15) is 44.4 Å². The van der Waals surface area contributed by atoms with Crippen LogP contribution < -0.4 is 20.9 Å². The Morgan fingerprint density at radius 1 is 1.22 bits per heavy atom. The number of aryl methyl sites for hydroxylation is 1. The molecule has 0 radical (unpaired) electrons. The van der Waals surface area contributed by atoms with E-state index in [1.807, 2.05) is 0 Å². The van der Waals surface area contributed by atoms with Crippen LogP contribution in [0.4, 0.5) is 0 Å². The number of carbonyl (C=O) groups excluding carboxylic acids is 1. The van der Waals surface area contributed by atoms with E-state index >= 15 is 0 Å². The third-order valence-corrected chi connectivity index (χ3v) is 7.82. The van der Waals surface area contributed by atoms with Gasteiger partial charge in [-0.1, -0.05) is 31.0 Å². The highest BCUT2D eigenvalue weighted by atomic mass is 31.2. The van der Waals surface area contributed by atoms with Gasteiger partial charge < -0.3 is 18.7 Å². The van der Waals surface area contributed by atoms with Gasteiger partial charge in [0.25, 0.3) is 5.56 Å². The van der Waals surface area contributed by atoms with Crippen LogP contribution in [0.3, 0.4) is 0 Å². The molecule has 202 valence electrons. The van der Waals surface area contributed by atoms with Crippen molar-refractivity contribution >= 4 is 13.7 Å². The molecule has 1 aliphatic carbocycles. The predicted octanol–water partition coefficient (Wildman–Crippen LogP) is 2.63. The van der Waals surface area contributed by atoms with E-state index in [1.165, 1.54) is 17.7 Å². The lowest BCUT2D eigenvalue weighted by atomic mass is 10.1. The van der Waals surface area contributed by atoms with Crippen molar-refractivity contribution in [3.8, 4) is 5.75 Å². The van der Waals surface area contributed by atoms with Crippen molar-refractivity contribution in [1.82, 2.24) is 14.6 Å². The number of esters is 1. The molecule has 2 aliphatic rings. The highest BCUT2D eigenvalue weighted by Gasteiger charge is 2.36. The number of carbonyl (C=O) groups is 1. The summed E-state index contributed by atoms with van der Waals surface area (Å²) in [5.74, 6) is 0.0583. The Kier molecular flexibility index (Phi) is 8.99. The van der Waals surface area contributed by atoms with E-state index in [2.05, 4.69) is 10.1 Å². The zero-order valence-corrected chi connectivity index (χ0v) is 21.7. The molecule has 0 bridgehead atoms. The Labute approximate surface area is 213 Å². The average molecular weight is 538 g/mol. The molecule has 4 atom stereocenters. The number of H-pyrrole nitrogens is 1. The second-order valence-electron chi connectivity index (χ2n) is 9.16. The summed E-state index contributed by atoms with van der Waals surface area (Å²) < 4.78 is 42.7. The van der Waals surface area contributed by atoms with E-state index in [0.29, 0.717) is 18.1 Å². The fraction of sp³-hybridized carbons (Fsp3) is 0.542. The molecule has 12 nitrogen and oxygen atoms in total. The quantitative estimate of drug-likeness (QED) is 0.324. The van der Waals surface area contributed by atoms with Gasteiger partial charge in [-0.2, -0.15) is 5.09 Å². The lowest BCUT2D eigenvalue weighted by Crippen LogP contribution is -2.36. The summed E-state index contributed by atoms with van der Waals surface area (Å²) in [4.78, 5) is 38.5. The molecule has 37 heavy (non-hydrogen) atoms. The largest absolute Gasteiger partial charge is 0.464 e. The fourth-order valence-corrected chi connectivity index (χ4v) is 5.61. The standard InChI is InChI=1S/C24H32N3O9P/c1-16-12-27(24(30)25-22(16)28)20-14-32-21(35-20)15-34-37(31,36-19-10-4-3-5-11-19)26-17(2)23(29)33-13-18-8-6-7-9-18/h3-5,10-12,17-18,20-21H,6-9,13-15H2,1-2H3,(H,26,31)(H,25,28,30)/t17?,20-,21-,37?/m1/s1. The molecule has 1 aromatic carbocycles. The van der Waals surface area contributed by atoms with Gasteiger partial charge in [0, 0.05) is 11.8 Å². The second kappa shape index (κ2) is 12.2. The minimum absolute atomic E-state index is 0.000580. The number of para-hydroxylation sites is 1. The number of benzene rings is 1. The maximum atomic E-state index is 13.6. The summed E-state index contributed by atoms with van der Waals surface area (Å²) in [5.41, 5.74) is -0.793. The molecule has 2 N–H and O–H groups in total. The molecule has 1 saturated carbocycles. The van der Waals surface area contributed by atoms with Gasteiger partial charge in [0.05, 0.1) is 13.2 Å². The third kappa shape index (κ3) is 7.39. The number of nitrogens with zero attached hydrogens (tertiary/aromatic N) is 1. The lowest BCUT2D eigenvalue weighted by Gasteiger charge is -2.24. The zero-order chi connectivity index (χ0) is 26.4. The number of ether oxygens (including phenoxy) is 3. The van der Waals surface area contributed by atoms with Crippen molar-refractivity contribution in [1.29, 1.82) is 0 Å². The summed E-state index contributed by atoms with van der Waals surface area (Å²) in [6.45, 7) is 3.08. The average Bonchev–Trinajstić information content (AvgIpc) is 3.56. The van der Waals surface area contributed by atoms with Gasteiger partial charge in [0.1, 0.15) is 18.4 Å². The van der Waals surface area contributed by atoms with Crippen molar-refractivity contribution in [2.24, 2.45) is 5.92 Å². The van der Waals surface area contributed by atoms with Gasteiger partial charge in [-0.25, -0.2) is 9.36 Å². The summed E-state index contributed by atoms with van der Waals surface area (Å²) in [6, 6.07) is 7.41. The van der Waals surface area contributed by atoms with E-state index < -0.39 is 43.5 Å². The first-order valence-electron chi connectivity index (χ1n) is 12.3. The van der Waals surface area contributed by atoms with Crippen LogP contribution in [-0.2, 0) is 28.1 Å². The molecule has 2 fully saturated rings. The summed E-state index contributed by atoms with van der Waals surface area (Å²) in [7, 11) is -4.10. The molecule has 0 amide bonds. The van der Waals surface area contributed by atoms with E-state index in [4.69, 9.17) is 23.3 Å². The first kappa shape index (κ1) is 27.3. The Hall–Kier alpha value is -2.76. The molecule has 1 aliphatic heterocycles. The Bertz CT molecular complexity index is 1230. The van der Waals surface area contributed by atoms with Crippen LogP contribution >= 0.6 is 7.75 Å². The minimum Gasteiger partial charge on any atom is -0.464 e. The van der Waals surface area contributed by atoms with Gasteiger partial charge in [-0.05, 0) is 44.7 Å². The number of hydrogen-bond donors (Lipinski definition) is 2. The Balaban J connectivity index is 1.38. The highest BCUT2D eigenvalue weighted by Crippen LogP contribution is 2.45. The van der Waals surface area contributed by atoms with Crippen molar-refractivity contribution in [3.05, 3.63) is 62.9 Å². The first-order chi connectivity index (χ1) is 17.7. The molecule has 13 heteroatoms. The van der Waals surface area contributed by atoms with Crippen LogP contribution in [0, 0.1) is 12.8 Å². The first-order valence-corrected chi connectivity index (χ1v) is 13.8. The maximum Gasteiger partial charge on any atom is 0.459 e. The molecule has 2 aromatic rings.